The predicted molar refractivity (Wildman–Crippen MR) is 84.6 cm³/mol. The van der Waals surface area contributed by atoms with E-state index in [4.69, 9.17) is 4.74 Å². The van der Waals surface area contributed by atoms with E-state index in [1.165, 1.54) is 11.3 Å². The number of ether oxygens (including phenoxy) is 1. The quantitative estimate of drug-likeness (QED) is 0.813. The average Bonchev–Trinajstić information content (AvgIpc) is 2.88. The van der Waals surface area contributed by atoms with Crippen molar-refractivity contribution >= 4 is 5.69 Å². The summed E-state index contributed by atoms with van der Waals surface area (Å²) >= 11 is 0. The Labute approximate surface area is 127 Å². The number of aromatic nitrogens is 1. The second kappa shape index (κ2) is 7.73. The van der Waals surface area contributed by atoms with Crippen LogP contribution in [-0.2, 0) is 4.74 Å². The van der Waals surface area contributed by atoms with E-state index in [0.29, 0.717) is 11.8 Å². The molecule has 5 heteroatoms. The summed E-state index contributed by atoms with van der Waals surface area (Å²) in [5.41, 5.74) is 2.44. The minimum Gasteiger partial charge on any atom is -0.396 e. The van der Waals surface area contributed by atoms with Gasteiger partial charge in [-0.2, -0.15) is 0 Å². The Morgan fingerprint density at radius 2 is 2.19 bits per heavy atom. The molecule has 2 atom stereocenters. The second-order valence-corrected chi connectivity index (χ2v) is 6.02. The van der Waals surface area contributed by atoms with E-state index in [9.17, 15) is 5.11 Å². The Kier molecular flexibility index (Phi) is 5.96. The first-order valence-corrected chi connectivity index (χ1v) is 7.59. The zero-order valence-electron chi connectivity index (χ0n) is 13.3. The third kappa shape index (κ3) is 4.15. The van der Waals surface area contributed by atoms with Gasteiger partial charge in [0.15, 0.2) is 0 Å². The van der Waals surface area contributed by atoms with Gasteiger partial charge in [0.25, 0.3) is 0 Å². The van der Waals surface area contributed by atoms with Gasteiger partial charge in [-0.3, -0.25) is 4.98 Å². The lowest BCUT2D eigenvalue weighted by molar-refractivity contribution is 0.136. The van der Waals surface area contributed by atoms with Crippen LogP contribution in [0.4, 0.5) is 5.69 Å². The Morgan fingerprint density at radius 3 is 2.86 bits per heavy atom. The Balaban J connectivity index is 1.99. The molecule has 0 unspecified atom stereocenters. The number of hydrogen-bond acceptors (Lipinski definition) is 5. The van der Waals surface area contributed by atoms with E-state index in [1.807, 2.05) is 12.4 Å². The molecule has 1 aromatic rings. The fraction of sp³-hybridized carbons (Fsp3) is 0.688. The van der Waals surface area contributed by atoms with Gasteiger partial charge >= 0.3 is 0 Å². The average molecular weight is 293 g/mol. The summed E-state index contributed by atoms with van der Waals surface area (Å²) in [6, 6.07) is 2.07. The summed E-state index contributed by atoms with van der Waals surface area (Å²) in [4.78, 5) is 8.83. The van der Waals surface area contributed by atoms with Crippen molar-refractivity contribution in [2.75, 3.05) is 58.5 Å². The molecule has 0 spiro atoms. The summed E-state index contributed by atoms with van der Waals surface area (Å²) in [5, 5.41) is 9.68. The highest BCUT2D eigenvalue weighted by Gasteiger charge is 2.33. The fourth-order valence-electron chi connectivity index (χ4n) is 3.11. The third-order valence-electron chi connectivity index (χ3n) is 4.37. The predicted octanol–water partition coefficient (Wildman–Crippen LogP) is 1.01. The van der Waals surface area contributed by atoms with Crippen LogP contribution < -0.4 is 4.90 Å². The summed E-state index contributed by atoms with van der Waals surface area (Å²) in [6.07, 6.45) is 3.75. The molecule has 0 aromatic carbocycles. The Bertz CT molecular complexity index is 441. The number of rotatable bonds is 7. The van der Waals surface area contributed by atoms with Gasteiger partial charge in [0, 0.05) is 63.9 Å². The zero-order chi connectivity index (χ0) is 15.2. The number of aliphatic hydroxyl groups is 1. The number of anilines is 1. The molecular formula is C16H27N3O2. The van der Waals surface area contributed by atoms with E-state index in [-0.39, 0.29) is 6.61 Å². The topological polar surface area (TPSA) is 48.8 Å². The molecule has 118 valence electrons. The standard InChI is InChI=1S/C16H27N3O2/c1-13-8-17-5-4-16(13)19-10-14(15(11-19)12-20)9-18(2)6-7-21-3/h4-5,8,14-15,20H,6-7,9-12H2,1-3H3/t14-,15-/m1/s1. The zero-order valence-corrected chi connectivity index (χ0v) is 13.3. The fourth-order valence-corrected chi connectivity index (χ4v) is 3.11. The third-order valence-corrected chi connectivity index (χ3v) is 4.37. The maximum absolute atomic E-state index is 9.68. The molecule has 0 amide bonds. The number of nitrogens with zero attached hydrogens (tertiary/aromatic N) is 3. The molecule has 1 saturated heterocycles. The Hall–Kier alpha value is -1.17. The number of likely N-dealkylation sites (N-methyl/N-ethyl adjacent to an activating group) is 1. The van der Waals surface area contributed by atoms with E-state index in [0.717, 1.165) is 32.8 Å². The lowest BCUT2D eigenvalue weighted by atomic mass is 9.96. The molecule has 0 bridgehead atoms. The van der Waals surface area contributed by atoms with Gasteiger partial charge in [0.1, 0.15) is 0 Å². The second-order valence-electron chi connectivity index (χ2n) is 6.02. The molecule has 1 fully saturated rings. The van der Waals surface area contributed by atoms with Crippen molar-refractivity contribution in [3.05, 3.63) is 24.0 Å². The lowest BCUT2D eigenvalue weighted by Gasteiger charge is -2.24. The normalized spacial score (nSPS) is 22.2. The Morgan fingerprint density at radius 1 is 1.43 bits per heavy atom. The largest absolute Gasteiger partial charge is 0.396 e. The summed E-state index contributed by atoms with van der Waals surface area (Å²) < 4.78 is 5.13. The molecule has 0 saturated carbocycles. The van der Waals surface area contributed by atoms with Crippen molar-refractivity contribution in [1.29, 1.82) is 0 Å². The molecular weight excluding hydrogens is 266 g/mol. The van der Waals surface area contributed by atoms with E-state index in [1.54, 1.807) is 7.11 Å². The first kappa shape index (κ1) is 16.2. The molecule has 1 aliphatic heterocycles. The van der Waals surface area contributed by atoms with Crippen molar-refractivity contribution in [3.8, 4) is 0 Å². The number of hydrogen-bond donors (Lipinski definition) is 1. The number of aliphatic hydroxyl groups excluding tert-OH is 1. The lowest BCUT2D eigenvalue weighted by Crippen LogP contribution is -2.33. The van der Waals surface area contributed by atoms with Crippen LogP contribution in [0.2, 0.25) is 0 Å². The molecule has 5 nitrogen and oxygen atoms in total. The first-order valence-electron chi connectivity index (χ1n) is 7.59. The van der Waals surface area contributed by atoms with Crippen LogP contribution in [0.25, 0.3) is 0 Å². The highest BCUT2D eigenvalue weighted by atomic mass is 16.5. The smallest absolute Gasteiger partial charge is 0.0589 e. The molecule has 2 heterocycles. The van der Waals surface area contributed by atoms with Crippen LogP contribution in [0.5, 0.6) is 0 Å². The minimum absolute atomic E-state index is 0.253. The summed E-state index contributed by atoms with van der Waals surface area (Å²) in [6.45, 7) is 6.93. The molecule has 1 aromatic heterocycles. The molecule has 0 aliphatic carbocycles. The number of aryl methyl sites for hydroxylation is 1. The van der Waals surface area contributed by atoms with E-state index < -0.39 is 0 Å². The highest BCUT2D eigenvalue weighted by molar-refractivity contribution is 5.52. The van der Waals surface area contributed by atoms with Crippen LogP contribution >= 0.6 is 0 Å². The molecule has 1 aliphatic rings. The van der Waals surface area contributed by atoms with E-state index >= 15 is 0 Å². The van der Waals surface area contributed by atoms with E-state index in [2.05, 4.69) is 34.8 Å². The molecule has 2 rings (SSSR count). The van der Waals surface area contributed by atoms with Gasteiger partial charge < -0.3 is 19.6 Å². The van der Waals surface area contributed by atoms with Crippen LogP contribution in [0.15, 0.2) is 18.5 Å². The maximum Gasteiger partial charge on any atom is 0.0589 e. The van der Waals surface area contributed by atoms with Crippen molar-refractivity contribution in [2.24, 2.45) is 11.8 Å². The first-order chi connectivity index (χ1) is 10.2. The maximum atomic E-state index is 9.68. The van der Waals surface area contributed by atoms with Crippen LogP contribution in [-0.4, -0.2) is 68.5 Å². The van der Waals surface area contributed by atoms with Crippen molar-refractivity contribution in [2.45, 2.75) is 6.92 Å². The highest BCUT2D eigenvalue weighted by Crippen LogP contribution is 2.30. The van der Waals surface area contributed by atoms with Gasteiger partial charge in [-0.1, -0.05) is 0 Å². The van der Waals surface area contributed by atoms with Crippen molar-refractivity contribution in [3.63, 3.8) is 0 Å². The monoisotopic (exact) mass is 293 g/mol. The van der Waals surface area contributed by atoms with Crippen LogP contribution in [0, 0.1) is 18.8 Å². The summed E-state index contributed by atoms with van der Waals surface area (Å²) in [5.74, 6) is 0.826. The SMILES string of the molecule is COCCN(C)C[C@@H]1CN(c2ccncc2C)C[C@@H]1CO. The molecule has 0 radical (unpaired) electrons. The van der Waals surface area contributed by atoms with Gasteiger partial charge in [-0.25, -0.2) is 0 Å². The number of pyridine rings is 1. The van der Waals surface area contributed by atoms with Crippen molar-refractivity contribution < 1.29 is 9.84 Å². The van der Waals surface area contributed by atoms with Crippen molar-refractivity contribution in [1.82, 2.24) is 9.88 Å². The van der Waals surface area contributed by atoms with Gasteiger partial charge in [-0.15, -0.1) is 0 Å². The number of methoxy groups -OCH3 is 1. The van der Waals surface area contributed by atoms with Crippen LogP contribution in [0.3, 0.4) is 0 Å². The summed E-state index contributed by atoms with van der Waals surface area (Å²) in [7, 11) is 3.85. The van der Waals surface area contributed by atoms with Gasteiger partial charge in [-0.05, 0) is 31.5 Å². The van der Waals surface area contributed by atoms with Gasteiger partial charge in [0.2, 0.25) is 0 Å². The molecule has 1 N–H and O–H groups in total. The minimum atomic E-state index is 0.253. The molecule has 21 heavy (non-hydrogen) atoms. The van der Waals surface area contributed by atoms with Crippen LogP contribution in [0.1, 0.15) is 5.56 Å². The van der Waals surface area contributed by atoms with Gasteiger partial charge in [0.05, 0.1) is 6.61 Å².